The number of sulfonamides is 1. The molecule has 0 fully saturated rings. The van der Waals surface area contributed by atoms with Crippen LogP contribution in [0.25, 0.3) is 0 Å². The van der Waals surface area contributed by atoms with Gasteiger partial charge in [-0.2, -0.15) is 4.31 Å². The molecule has 136 valence electrons. The highest BCUT2D eigenvalue weighted by Crippen LogP contribution is 2.30. The monoisotopic (exact) mass is 358 g/mol. The minimum atomic E-state index is -3.62. The van der Waals surface area contributed by atoms with Crippen molar-refractivity contribution >= 4 is 21.6 Å². The first-order valence-electron chi connectivity index (χ1n) is 7.85. The van der Waals surface area contributed by atoms with E-state index in [0.717, 1.165) is 0 Å². The predicted octanol–water partition coefficient (Wildman–Crippen LogP) is 2.09. The van der Waals surface area contributed by atoms with E-state index in [-0.39, 0.29) is 23.5 Å². The maximum absolute atomic E-state index is 12.6. The van der Waals surface area contributed by atoms with Crippen molar-refractivity contribution in [2.45, 2.75) is 38.7 Å². The Morgan fingerprint density at radius 2 is 1.88 bits per heavy atom. The lowest BCUT2D eigenvalue weighted by Gasteiger charge is -2.20. The molecule has 0 radical (unpaired) electrons. The average molecular weight is 358 g/mol. The van der Waals surface area contributed by atoms with Gasteiger partial charge in [-0.15, -0.1) is 0 Å². The van der Waals surface area contributed by atoms with Gasteiger partial charge in [0.2, 0.25) is 15.9 Å². The van der Waals surface area contributed by atoms with Gasteiger partial charge in [-0.25, -0.2) is 8.42 Å². The summed E-state index contributed by atoms with van der Waals surface area (Å²) < 4.78 is 37.1. The SMILES string of the molecule is CCN(CC)S(=O)(=O)c1ccc(OC(C)C)c(NC(=O)COC)c1. The van der Waals surface area contributed by atoms with Gasteiger partial charge in [0.05, 0.1) is 16.7 Å². The molecule has 0 heterocycles. The van der Waals surface area contributed by atoms with Crippen LogP contribution >= 0.6 is 0 Å². The number of ether oxygens (including phenoxy) is 2. The maximum atomic E-state index is 12.6. The zero-order valence-corrected chi connectivity index (χ0v) is 15.6. The van der Waals surface area contributed by atoms with Gasteiger partial charge in [0, 0.05) is 20.2 Å². The largest absolute Gasteiger partial charge is 0.489 e. The first kappa shape index (κ1) is 20.4. The molecule has 0 saturated heterocycles. The highest BCUT2D eigenvalue weighted by Gasteiger charge is 2.23. The number of nitrogens with one attached hydrogen (secondary N) is 1. The summed E-state index contributed by atoms with van der Waals surface area (Å²) in [5, 5.41) is 2.63. The summed E-state index contributed by atoms with van der Waals surface area (Å²) in [6.45, 7) is 7.86. The molecule has 1 aromatic carbocycles. The minimum Gasteiger partial charge on any atom is -0.489 e. The third-order valence-electron chi connectivity index (χ3n) is 3.21. The molecule has 0 spiro atoms. The van der Waals surface area contributed by atoms with Crippen LogP contribution in [0.1, 0.15) is 27.7 Å². The summed E-state index contributed by atoms with van der Waals surface area (Å²) in [6, 6.07) is 4.45. The molecule has 1 rings (SSSR count). The topological polar surface area (TPSA) is 84.9 Å². The number of benzene rings is 1. The van der Waals surface area contributed by atoms with Crippen LogP contribution in [-0.4, -0.2) is 51.5 Å². The number of methoxy groups -OCH3 is 1. The molecule has 0 saturated carbocycles. The van der Waals surface area contributed by atoms with Crippen LogP contribution in [0.2, 0.25) is 0 Å². The first-order chi connectivity index (χ1) is 11.3. The molecular formula is C16H26N2O5S. The summed E-state index contributed by atoms with van der Waals surface area (Å²) in [4.78, 5) is 11.9. The summed E-state index contributed by atoms with van der Waals surface area (Å²) in [5.41, 5.74) is 0.305. The first-order valence-corrected chi connectivity index (χ1v) is 9.29. The van der Waals surface area contributed by atoms with Crippen LogP contribution in [0.4, 0.5) is 5.69 Å². The van der Waals surface area contributed by atoms with Crippen molar-refractivity contribution in [2.75, 3.05) is 32.1 Å². The summed E-state index contributed by atoms with van der Waals surface area (Å²) in [6.07, 6.45) is -0.117. The van der Waals surface area contributed by atoms with E-state index in [1.54, 1.807) is 19.9 Å². The van der Waals surface area contributed by atoms with Gasteiger partial charge in [0.15, 0.2) is 0 Å². The number of amides is 1. The number of anilines is 1. The predicted molar refractivity (Wildman–Crippen MR) is 92.8 cm³/mol. The highest BCUT2D eigenvalue weighted by atomic mass is 32.2. The molecule has 0 bridgehead atoms. The van der Waals surface area contributed by atoms with Crippen LogP contribution in [0, 0.1) is 0 Å². The number of nitrogens with zero attached hydrogens (tertiary/aromatic N) is 1. The van der Waals surface area contributed by atoms with Gasteiger partial charge in [0.1, 0.15) is 12.4 Å². The minimum absolute atomic E-state index is 0.107. The third-order valence-corrected chi connectivity index (χ3v) is 5.25. The Labute approximate surface area is 144 Å². The number of carbonyl (C=O) groups excluding carboxylic acids is 1. The van der Waals surface area contributed by atoms with Crippen LogP contribution in [0.5, 0.6) is 5.75 Å². The van der Waals surface area contributed by atoms with Gasteiger partial charge >= 0.3 is 0 Å². The molecular weight excluding hydrogens is 332 g/mol. The Hall–Kier alpha value is -1.64. The molecule has 0 aliphatic heterocycles. The molecule has 0 aliphatic carbocycles. The molecule has 1 N–H and O–H groups in total. The van der Waals surface area contributed by atoms with Crippen LogP contribution < -0.4 is 10.1 Å². The number of rotatable bonds is 9. The van der Waals surface area contributed by atoms with Gasteiger partial charge in [0.25, 0.3) is 0 Å². The summed E-state index contributed by atoms with van der Waals surface area (Å²) in [5.74, 6) is 0.0245. The normalized spacial score (nSPS) is 11.8. The van der Waals surface area contributed by atoms with E-state index in [1.807, 2.05) is 13.8 Å². The standard InChI is InChI=1S/C16H26N2O5S/c1-6-18(7-2)24(20,21)13-8-9-15(23-12(3)4)14(10-13)17-16(19)11-22-5/h8-10,12H,6-7,11H2,1-5H3,(H,17,19). The van der Waals surface area contributed by atoms with Crippen molar-refractivity contribution in [3.63, 3.8) is 0 Å². The van der Waals surface area contributed by atoms with Gasteiger partial charge < -0.3 is 14.8 Å². The zero-order valence-electron chi connectivity index (χ0n) is 14.8. The molecule has 0 aromatic heterocycles. The average Bonchev–Trinajstić information content (AvgIpc) is 2.49. The Morgan fingerprint density at radius 3 is 2.38 bits per heavy atom. The molecule has 0 atom stereocenters. The second-order valence-corrected chi connectivity index (χ2v) is 7.33. The van der Waals surface area contributed by atoms with E-state index in [9.17, 15) is 13.2 Å². The van der Waals surface area contributed by atoms with Crippen molar-refractivity contribution in [3.05, 3.63) is 18.2 Å². The molecule has 0 aliphatic rings. The van der Waals surface area contributed by atoms with E-state index < -0.39 is 10.0 Å². The molecule has 1 aromatic rings. The Morgan fingerprint density at radius 1 is 1.25 bits per heavy atom. The van der Waals surface area contributed by atoms with Crippen LogP contribution in [0.15, 0.2) is 23.1 Å². The van der Waals surface area contributed by atoms with Crippen LogP contribution in [-0.2, 0) is 19.6 Å². The lowest BCUT2D eigenvalue weighted by Crippen LogP contribution is -2.30. The Balaban J connectivity index is 3.28. The maximum Gasteiger partial charge on any atom is 0.250 e. The van der Waals surface area contributed by atoms with Crippen molar-refractivity contribution in [1.29, 1.82) is 0 Å². The Kier molecular flexibility index (Phi) is 7.65. The third kappa shape index (κ3) is 5.19. The van der Waals surface area contributed by atoms with E-state index >= 15 is 0 Å². The lowest BCUT2D eigenvalue weighted by molar-refractivity contribution is -0.119. The fraction of sp³-hybridized carbons (Fsp3) is 0.562. The molecule has 8 heteroatoms. The quantitative estimate of drug-likeness (QED) is 0.731. The Bertz CT molecular complexity index is 654. The fourth-order valence-electron chi connectivity index (χ4n) is 2.15. The summed E-state index contributed by atoms with van der Waals surface area (Å²) in [7, 11) is -2.21. The summed E-state index contributed by atoms with van der Waals surface area (Å²) >= 11 is 0. The van der Waals surface area contributed by atoms with Crippen molar-refractivity contribution in [2.24, 2.45) is 0 Å². The second kappa shape index (κ2) is 9.00. The smallest absolute Gasteiger partial charge is 0.250 e. The molecule has 7 nitrogen and oxygen atoms in total. The number of carbonyl (C=O) groups is 1. The lowest BCUT2D eigenvalue weighted by atomic mass is 10.3. The fourth-order valence-corrected chi connectivity index (χ4v) is 3.64. The van der Waals surface area contributed by atoms with E-state index in [0.29, 0.717) is 24.5 Å². The van der Waals surface area contributed by atoms with Crippen molar-refractivity contribution in [1.82, 2.24) is 4.31 Å². The second-order valence-electron chi connectivity index (χ2n) is 5.40. The van der Waals surface area contributed by atoms with E-state index in [1.165, 1.54) is 23.5 Å². The van der Waals surface area contributed by atoms with Crippen molar-refractivity contribution in [3.8, 4) is 5.75 Å². The van der Waals surface area contributed by atoms with E-state index in [4.69, 9.17) is 9.47 Å². The van der Waals surface area contributed by atoms with E-state index in [2.05, 4.69) is 5.32 Å². The van der Waals surface area contributed by atoms with Crippen molar-refractivity contribution < 1.29 is 22.7 Å². The molecule has 1 amide bonds. The number of hydrogen-bond acceptors (Lipinski definition) is 5. The van der Waals surface area contributed by atoms with Gasteiger partial charge in [-0.05, 0) is 32.0 Å². The van der Waals surface area contributed by atoms with Crippen LogP contribution in [0.3, 0.4) is 0 Å². The molecule has 24 heavy (non-hydrogen) atoms. The zero-order chi connectivity index (χ0) is 18.3. The number of hydrogen-bond donors (Lipinski definition) is 1. The van der Waals surface area contributed by atoms with Gasteiger partial charge in [-0.3, -0.25) is 4.79 Å². The molecule has 0 unspecified atom stereocenters. The van der Waals surface area contributed by atoms with Gasteiger partial charge in [-0.1, -0.05) is 13.8 Å². The highest BCUT2D eigenvalue weighted by molar-refractivity contribution is 7.89.